The van der Waals surface area contributed by atoms with Crippen molar-refractivity contribution >= 4 is 17.3 Å². The molecule has 0 radical (unpaired) electrons. The van der Waals surface area contributed by atoms with Gasteiger partial charge in [-0.15, -0.1) is 0 Å². The lowest BCUT2D eigenvalue weighted by Gasteiger charge is -2.17. The molecule has 0 fully saturated rings. The summed E-state index contributed by atoms with van der Waals surface area (Å²) in [6.45, 7) is 4.26. The van der Waals surface area contributed by atoms with E-state index in [0.29, 0.717) is 0 Å². The van der Waals surface area contributed by atoms with Crippen molar-refractivity contribution in [1.82, 2.24) is 0 Å². The molecule has 0 amide bonds. The first-order valence-corrected chi connectivity index (χ1v) is 9.47. The summed E-state index contributed by atoms with van der Waals surface area (Å²) in [6.07, 6.45) is 5.95. The molecule has 5 N–H and O–H groups in total. The number of rotatable bonds is 9. The summed E-state index contributed by atoms with van der Waals surface area (Å²) in [6, 6.07) is 11.2. The lowest BCUT2D eigenvalue weighted by molar-refractivity contribution is -0.137. The number of benzene rings is 2. The van der Waals surface area contributed by atoms with Crippen LogP contribution in [0.1, 0.15) is 67.7 Å². The highest BCUT2D eigenvalue weighted by atomic mass is 16.4. The van der Waals surface area contributed by atoms with Gasteiger partial charge in [0.1, 0.15) is 5.92 Å². The van der Waals surface area contributed by atoms with Gasteiger partial charge in [0.25, 0.3) is 0 Å². The third-order valence-electron chi connectivity index (χ3n) is 4.85. The van der Waals surface area contributed by atoms with Crippen molar-refractivity contribution in [2.75, 3.05) is 11.5 Å². The lowest BCUT2D eigenvalue weighted by Crippen LogP contribution is -2.14. The molecule has 0 heterocycles. The Balaban J connectivity index is 2.42. The lowest BCUT2D eigenvalue weighted by atomic mass is 9.87. The molecular formula is C22H30N2O2. The number of aryl methyl sites for hydroxylation is 2. The summed E-state index contributed by atoms with van der Waals surface area (Å²) < 4.78 is 0. The van der Waals surface area contributed by atoms with Gasteiger partial charge < -0.3 is 16.6 Å². The van der Waals surface area contributed by atoms with Crippen molar-refractivity contribution in [1.29, 1.82) is 0 Å². The molecule has 2 aromatic rings. The zero-order chi connectivity index (χ0) is 19.1. The van der Waals surface area contributed by atoms with E-state index in [9.17, 15) is 9.90 Å². The maximum atomic E-state index is 12.1. The third kappa shape index (κ3) is 4.78. The number of hydrogen-bond donors (Lipinski definition) is 3. The fourth-order valence-corrected chi connectivity index (χ4v) is 3.26. The molecule has 0 atom stereocenters. The number of carbonyl (C=O) groups is 1. The molecule has 2 rings (SSSR count). The standard InChI is InChI=1S/C22H30N2O2/c1-3-5-7-15-13-17(9-11-19(15)23)21(22(25)26)18-10-12-20(24)16(14-18)8-6-4-2/h9-14,21H,3-8,23-24H2,1-2H3,(H,25,26). The van der Waals surface area contributed by atoms with Gasteiger partial charge >= 0.3 is 5.97 Å². The van der Waals surface area contributed by atoms with Crippen LogP contribution in [0.2, 0.25) is 0 Å². The summed E-state index contributed by atoms with van der Waals surface area (Å²) in [4.78, 5) is 12.1. The average molecular weight is 354 g/mol. The Hall–Kier alpha value is -2.49. The Bertz CT molecular complexity index is 698. The molecule has 0 unspecified atom stereocenters. The maximum Gasteiger partial charge on any atom is 0.315 e. The number of nitrogens with two attached hydrogens (primary N) is 2. The fourth-order valence-electron chi connectivity index (χ4n) is 3.26. The van der Waals surface area contributed by atoms with Gasteiger partial charge in [0, 0.05) is 11.4 Å². The van der Waals surface area contributed by atoms with Gasteiger partial charge in [0.05, 0.1) is 0 Å². The second kappa shape index (κ2) is 9.27. The minimum atomic E-state index is -0.859. The highest BCUT2D eigenvalue weighted by molar-refractivity contribution is 5.81. The van der Waals surface area contributed by atoms with E-state index in [1.54, 1.807) is 0 Å². The van der Waals surface area contributed by atoms with E-state index in [0.717, 1.165) is 72.2 Å². The third-order valence-corrected chi connectivity index (χ3v) is 4.85. The molecule has 0 bridgehead atoms. The molecule has 26 heavy (non-hydrogen) atoms. The van der Waals surface area contributed by atoms with Gasteiger partial charge in [-0.05, 0) is 60.1 Å². The Morgan fingerprint density at radius 3 is 1.65 bits per heavy atom. The van der Waals surface area contributed by atoms with Gasteiger partial charge in [-0.2, -0.15) is 0 Å². The van der Waals surface area contributed by atoms with Crippen LogP contribution in [0.4, 0.5) is 11.4 Å². The van der Waals surface area contributed by atoms with E-state index in [1.807, 2.05) is 36.4 Å². The van der Waals surface area contributed by atoms with Crippen molar-refractivity contribution in [3.05, 3.63) is 58.7 Å². The van der Waals surface area contributed by atoms with Crippen LogP contribution >= 0.6 is 0 Å². The van der Waals surface area contributed by atoms with Crippen molar-refractivity contribution in [2.24, 2.45) is 0 Å². The Kier molecular flexibility index (Phi) is 7.07. The molecule has 4 heteroatoms. The van der Waals surface area contributed by atoms with Crippen LogP contribution in [-0.2, 0) is 17.6 Å². The molecule has 4 nitrogen and oxygen atoms in total. The van der Waals surface area contributed by atoms with Gasteiger partial charge in [-0.3, -0.25) is 4.79 Å². The SMILES string of the molecule is CCCCc1cc(C(C(=O)O)c2ccc(N)c(CCCC)c2)ccc1N. The highest BCUT2D eigenvalue weighted by Crippen LogP contribution is 2.30. The number of aliphatic carboxylic acids is 1. The van der Waals surface area contributed by atoms with Crippen molar-refractivity contribution in [2.45, 2.75) is 58.3 Å². The van der Waals surface area contributed by atoms with Crippen LogP contribution in [0.5, 0.6) is 0 Å². The summed E-state index contributed by atoms with van der Waals surface area (Å²) in [7, 11) is 0. The molecule has 0 aliphatic rings. The van der Waals surface area contributed by atoms with Crippen molar-refractivity contribution in [3.8, 4) is 0 Å². The van der Waals surface area contributed by atoms with Gasteiger partial charge in [0.15, 0.2) is 0 Å². The van der Waals surface area contributed by atoms with Crippen molar-refractivity contribution in [3.63, 3.8) is 0 Å². The Morgan fingerprint density at radius 1 is 0.885 bits per heavy atom. The molecule has 0 aliphatic heterocycles. The van der Waals surface area contributed by atoms with Gasteiger partial charge in [0.2, 0.25) is 0 Å². The molecule has 2 aromatic carbocycles. The average Bonchev–Trinajstić information content (AvgIpc) is 2.62. The maximum absolute atomic E-state index is 12.1. The first kappa shape index (κ1) is 19.8. The first-order valence-electron chi connectivity index (χ1n) is 9.47. The van der Waals surface area contributed by atoms with Crippen LogP contribution in [0.15, 0.2) is 36.4 Å². The summed E-state index contributed by atoms with van der Waals surface area (Å²) in [5.74, 6) is -1.57. The smallest absolute Gasteiger partial charge is 0.315 e. The fraction of sp³-hybridized carbons (Fsp3) is 0.409. The van der Waals surface area contributed by atoms with E-state index < -0.39 is 11.9 Å². The van der Waals surface area contributed by atoms with E-state index in [2.05, 4.69) is 13.8 Å². The predicted octanol–water partition coefficient (Wildman–Crippen LogP) is 4.75. The first-order chi connectivity index (χ1) is 12.5. The van der Waals surface area contributed by atoms with Crippen LogP contribution in [0.25, 0.3) is 0 Å². The molecule has 0 aromatic heterocycles. The second-order valence-corrected chi connectivity index (χ2v) is 6.89. The van der Waals surface area contributed by atoms with E-state index in [1.165, 1.54) is 0 Å². The number of carboxylic acid groups (broad SMARTS) is 1. The molecule has 140 valence electrons. The quantitative estimate of drug-likeness (QED) is 0.567. The predicted molar refractivity (Wildman–Crippen MR) is 108 cm³/mol. The van der Waals surface area contributed by atoms with Crippen LogP contribution in [-0.4, -0.2) is 11.1 Å². The zero-order valence-corrected chi connectivity index (χ0v) is 15.8. The molecule has 0 saturated carbocycles. The van der Waals surface area contributed by atoms with Gasteiger partial charge in [-0.25, -0.2) is 0 Å². The largest absolute Gasteiger partial charge is 0.481 e. The Labute approximate surface area is 156 Å². The highest BCUT2D eigenvalue weighted by Gasteiger charge is 2.23. The van der Waals surface area contributed by atoms with Crippen LogP contribution in [0.3, 0.4) is 0 Å². The Morgan fingerprint density at radius 2 is 1.31 bits per heavy atom. The monoisotopic (exact) mass is 354 g/mol. The number of nitrogen functional groups attached to an aromatic ring is 2. The van der Waals surface area contributed by atoms with Crippen LogP contribution in [0, 0.1) is 0 Å². The minimum absolute atomic E-state index is 0.711. The normalized spacial score (nSPS) is 11.0. The number of anilines is 2. The molecule has 0 spiro atoms. The number of carboxylic acids is 1. The molecule has 0 aliphatic carbocycles. The topological polar surface area (TPSA) is 89.3 Å². The number of hydrogen-bond acceptors (Lipinski definition) is 3. The van der Waals surface area contributed by atoms with Crippen molar-refractivity contribution < 1.29 is 9.90 Å². The summed E-state index contributed by atoms with van der Waals surface area (Å²) in [5.41, 5.74) is 17.2. The molecule has 0 saturated heterocycles. The van der Waals surface area contributed by atoms with E-state index in [4.69, 9.17) is 11.5 Å². The summed E-state index contributed by atoms with van der Waals surface area (Å²) >= 11 is 0. The zero-order valence-electron chi connectivity index (χ0n) is 15.8. The molecular weight excluding hydrogens is 324 g/mol. The second-order valence-electron chi connectivity index (χ2n) is 6.89. The minimum Gasteiger partial charge on any atom is -0.481 e. The van der Waals surface area contributed by atoms with E-state index in [-0.39, 0.29) is 0 Å². The van der Waals surface area contributed by atoms with Gasteiger partial charge in [-0.1, -0.05) is 51.0 Å². The number of unbranched alkanes of at least 4 members (excludes halogenated alkanes) is 2. The van der Waals surface area contributed by atoms with Crippen LogP contribution < -0.4 is 11.5 Å². The van der Waals surface area contributed by atoms with E-state index >= 15 is 0 Å². The summed E-state index contributed by atoms with van der Waals surface area (Å²) in [5, 5.41) is 9.89.